The van der Waals surface area contributed by atoms with Gasteiger partial charge in [-0.05, 0) is 87.6 Å². The van der Waals surface area contributed by atoms with E-state index in [4.69, 9.17) is 29.2 Å². The first kappa shape index (κ1) is 46.6. The first-order valence-corrected chi connectivity index (χ1v) is 19.9. The predicted octanol–water partition coefficient (Wildman–Crippen LogP) is 8.67. The number of amides is 1. The molecule has 0 aromatic heterocycles. The Labute approximate surface area is 329 Å². The van der Waals surface area contributed by atoms with Crippen molar-refractivity contribution in [2.24, 2.45) is 5.11 Å². The van der Waals surface area contributed by atoms with Crippen LogP contribution in [0.5, 0.6) is 11.5 Å². The number of hydrogen-bond acceptors (Lipinski definition) is 11. The number of hydrogen-bond donors (Lipinski definition) is 3. The maximum Gasteiger partial charge on any atom is 0.407 e. The minimum absolute atomic E-state index is 0.0334. The van der Waals surface area contributed by atoms with Crippen LogP contribution in [0.2, 0.25) is 0 Å². The van der Waals surface area contributed by atoms with E-state index >= 15 is 0 Å². The van der Waals surface area contributed by atoms with E-state index in [1.165, 1.54) is 0 Å². The maximum absolute atomic E-state index is 13.9. The van der Waals surface area contributed by atoms with Crippen molar-refractivity contribution >= 4 is 34.4 Å². The van der Waals surface area contributed by atoms with Crippen molar-refractivity contribution in [3.05, 3.63) is 76.9 Å². The van der Waals surface area contributed by atoms with Crippen LogP contribution in [-0.2, 0) is 36.5 Å². The summed E-state index contributed by atoms with van der Waals surface area (Å²) in [5.74, 6) is 0.153. The molecule has 13 nitrogen and oxygen atoms in total. The smallest absolute Gasteiger partial charge is 0.407 e. The quantitative estimate of drug-likeness (QED) is 0.0546. The molecule has 3 rings (SSSR count). The monoisotopic (exact) mass is 783 g/mol. The van der Waals surface area contributed by atoms with Gasteiger partial charge < -0.3 is 34.3 Å². The van der Waals surface area contributed by atoms with E-state index in [1.807, 2.05) is 74.5 Å². The van der Waals surface area contributed by atoms with E-state index in [1.54, 1.807) is 54.0 Å². The molecule has 0 saturated carbocycles. The summed E-state index contributed by atoms with van der Waals surface area (Å²) in [6, 6.07) is 17.0. The molecule has 0 aliphatic rings. The van der Waals surface area contributed by atoms with Crippen molar-refractivity contribution in [2.45, 2.75) is 91.2 Å². The number of alkyl carbamates (subject to hydrolysis) is 1. The van der Waals surface area contributed by atoms with Crippen molar-refractivity contribution in [1.29, 1.82) is 5.53 Å². The first-order chi connectivity index (χ1) is 26.3. The Balaban J connectivity index is 0.00000514. The third-order valence-corrected chi connectivity index (χ3v) is 9.53. The van der Waals surface area contributed by atoms with Gasteiger partial charge in [-0.25, -0.2) is 18.8 Å². The Morgan fingerprint density at radius 3 is 2.35 bits per heavy atom. The van der Waals surface area contributed by atoms with Crippen molar-refractivity contribution in [3.63, 3.8) is 0 Å². The maximum atomic E-state index is 13.9. The fraction of sp³-hybridized carbons (Fsp3) is 0.512. The van der Waals surface area contributed by atoms with Crippen LogP contribution in [0, 0.1) is 12.5 Å². The molecule has 3 N–H and O–H groups in total. The zero-order valence-corrected chi connectivity index (χ0v) is 35.0. The Kier molecular flexibility index (Phi) is 20.4. The van der Waals surface area contributed by atoms with E-state index < -0.39 is 28.6 Å². The van der Waals surface area contributed by atoms with Gasteiger partial charge in [0.2, 0.25) is 0 Å². The van der Waals surface area contributed by atoms with Crippen LogP contribution >= 0.6 is 0 Å². The van der Waals surface area contributed by atoms with E-state index in [0.717, 1.165) is 23.1 Å². The number of aryl methyl sites for hydroxylation is 1. The highest BCUT2D eigenvalue weighted by atomic mass is 32.2. The average molecular weight is 784 g/mol. The molecule has 14 heteroatoms. The molecule has 0 saturated heterocycles. The molecule has 0 aliphatic heterocycles. The lowest BCUT2D eigenvalue weighted by molar-refractivity contribution is -0.143. The zero-order valence-electron chi connectivity index (χ0n) is 34.2. The molecule has 55 heavy (non-hydrogen) atoms. The molecule has 2 unspecified atom stereocenters. The van der Waals surface area contributed by atoms with Crippen LogP contribution in [0.15, 0.2) is 64.6 Å². The summed E-state index contributed by atoms with van der Waals surface area (Å²) in [4.78, 5) is 25.5. The number of benzene rings is 3. The number of nitrogens with one attached hydrogen (secondary N) is 3. The SMILES string of the molecule is CC.CCCN(Cc1cc(C(CC(=O)OCC)c2cc(N=N)c(NC)c(OCCOCCNC(=O)OC(C)(C)C)c2)ccc1C)S(=O)c1ccccc1OC. The minimum atomic E-state index is -1.49. The van der Waals surface area contributed by atoms with Crippen molar-refractivity contribution in [2.75, 3.05) is 59.0 Å². The number of carbonyl (C=O) groups excluding carboxylic acids is 2. The number of esters is 1. The van der Waals surface area contributed by atoms with E-state index in [2.05, 4.69) is 15.7 Å². The largest absolute Gasteiger partial charge is 0.495 e. The average Bonchev–Trinajstić information content (AvgIpc) is 3.16. The lowest BCUT2D eigenvalue weighted by Crippen LogP contribution is -2.34. The van der Waals surface area contributed by atoms with Gasteiger partial charge in [0.15, 0.2) is 0 Å². The molecular formula is C41H61N5O8S. The van der Waals surface area contributed by atoms with Gasteiger partial charge in [-0.2, -0.15) is 5.11 Å². The van der Waals surface area contributed by atoms with E-state index in [9.17, 15) is 13.8 Å². The van der Waals surface area contributed by atoms with E-state index in [-0.39, 0.29) is 45.4 Å². The van der Waals surface area contributed by atoms with Crippen molar-refractivity contribution in [1.82, 2.24) is 9.62 Å². The van der Waals surface area contributed by atoms with Gasteiger partial charge in [-0.1, -0.05) is 51.1 Å². The third kappa shape index (κ3) is 14.9. The second-order valence-electron chi connectivity index (χ2n) is 13.2. The molecule has 0 aliphatic carbocycles. The number of ether oxygens (including phenoxy) is 5. The number of anilines is 1. The fourth-order valence-corrected chi connectivity index (χ4v) is 6.98. The molecule has 0 heterocycles. The molecule has 2 atom stereocenters. The van der Waals surface area contributed by atoms with Crippen LogP contribution in [0.4, 0.5) is 16.2 Å². The van der Waals surface area contributed by atoms with Gasteiger partial charge in [0, 0.05) is 32.6 Å². The Hall–Kier alpha value is -4.53. The Morgan fingerprint density at radius 2 is 1.71 bits per heavy atom. The molecule has 3 aromatic rings. The first-order valence-electron chi connectivity index (χ1n) is 18.8. The van der Waals surface area contributed by atoms with Gasteiger partial charge in [-0.15, -0.1) is 0 Å². The number of carbonyl (C=O) groups is 2. The Bertz CT molecular complexity index is 1700. The Morgan fingerprint density at radius 1 is 0.982 bits per heavy atom. The lowest BCUT2D eigenvalue weighted by atomic mass is 9.86. The summed E-state index contributed by atoms with van der Waals surface area (Å²) in [5.41, 5.74) is 11.7. The highest BCUT2D eigenvalue weighted by Crippen LogP contribution is 2.41. The van der Waals surface area contributed by atoms with Crippen LogP contribution < -0.4 is 20.1 Å². The lowest BCUT2D eigenvalue weighted by Gasteiger charge is -2.25. The topological polar surface area (TPSA) is 161 Å². The van der Waals surface area contributed by atoms with Crippen molar-refractivity contribution < 1.29 is 37.5 Å². The van der Waals surface area contributed by atoms with Gasteiger partial charge in [-0.3, -0.25) is 4.79 Å². The predicted molar refractivity (Wildman–Crippen MR) is 217 cm³/mol. The summed E-state index contributed by atoms with van der Waals surface area (Å²) in [6.07, 6.45) is 0.309. The van der Waals surface area contributed by atoms with Gasteiger partial charge in [0.1, 0.15) is 46.1 Å². The zero-order chi connectivity index (χ0) is 41.0. The molecule has 1 amide bonds. The van der Waals surface area contributed by atoms with Crippen LogP contribution in [0.1, 0.15) is 89.5 Å². The van der Waals surface area contributed by atoms with E-state index in [0.29, 0.717) is 46.4 Å². The summed E-state index contributed by atoms with van der Waals surface area (Å²) in [5, 5.41) is 9.51. The summed E-state index contributed by atoms with van der Waals surface area (Å²) < 4.78 is 43.8. The van der Waals surface area contributed by atoms with Crippen LogP contribution in [0.25, 0.3) is 0 Å². The van der Waals surface area contributed by atoms with Crippen molar-refractivity contribution in [3.8, 4) is 11.5 Å². The number of nitrogens with zero attached hydrogens (tertiary/aromatic N) is 2. The molecule has 0 bridgehead atoms. The second kappa shape index (κ2) is 24.1. The molecular weight excluding hydrogens is 723 g/mol. The number of methoxy groups -OCH3 is 1. The molecule has 0 fully saturated rings. The third-order valence-electron chi connectivity index (χ3n) is 8.04. The normalized spacial score (nSPS) is 12.1. The summed E-state index contributed by atoms with van der Waals surface area (Å²) >= 11 is 0. The number of rotatable bonds is 21. The molecule has 0 spiro atoms. The molecule has 0 radical (unpaired) electrons. The fourth-order valence-electron chi connectivity index (χ4n) is 5.58. The molecule has 304 valence electrons. The van der Waals surface area contributed by atoms with Gasteiger partial charge in [0.25, 0.3) is 0 Å². The standard InChI is InChI=1S/C39H55N5O8S.C2H6/c1-9-18-44(53(47)35-14-12-11-13-33(35)48-8)26-30-22-28(16-15-27(30)3)31(25-36(45)50-10-2)29-23-32(43-40)37(41-7)34(24-29)51-21-20-49-19-17-42-38(46)52-39(4,5)6;1-2/h11-16,22-24,31,40-41H,9-10,17-21,25-26H2,1-8H3,(H,42,46);1-2H3. The second-order valence-corrected chi connectivity index (χ2v) is 14.6. The van der Waals surface area contributed by atoms with Gasteiger partial charge in [0.05, 0.1) is 38.2 Å². The van der Waals surface area contributed by atoms with Crippen LogP contribution in [-0.4, -0.2) is 79.9 Å². The van der Waals surface area contributed by atoms with Gasteiger partial charge >= 0.3 is 12.1 Å². The summed E-state index contributed by atoms with van der Waals surface area (Å²) in [6.45, 7) is 17.4. The molecule has 3 aromatic carbocycles. The summed E-state index contributed by atoms with van der Waals surface area (Å²) in [7, 11) is 1.80. The minimum Gasteiger partial charge on any atom is -0.495 e. The number of para-hydroxylation sites is 1. The highest BCUT2D eigenvalue weighted by molar-refractivity contribution is 7.82. The van der Waals surface area contributed by atoms with Crippen LogP contribution in [0.3, 0.4) is 0 Å². The highest BCUT2D eigenvalue weighted by Gasteiger charge is 2.25.